The number of esters is 1. The molecule has 19 heavy (non-hydrogen) atoms. The Balaban J connectivity index is 2.38. The molecule has 0 spiro atoms. The van der Waals surface area contributed by atoms with Gasteiger partial charge in [-0.1, -0.05) is 29.3 Å². The quantitative estimate of drug-likeness (QED) is 0.846. The lowest BCUT2D eigenvalue weighted by molar-refractivity contribution is 0.0602. The molecule has 0 aliphatic rings. The van der Waals surface area contributed by atoms with E-state index in [1.807, 2.05) is 12.1 Å². The molecule has 1 N–H and O–H groups in total. The van der Waals surface area contributed by atoms with Crippen molar-refractivity contribution >= 4 is 40.5 Å². The lowest BCUT2D eigenvalue weighted by Gasteiger charge is -2.11. The molecule has 3 nitrogen and oxygen atoms in total. The van der Waals surface area contributed by atoms with Gasteiger partial charge in [0.15, 0.2) is 0 Å². The average Bonchev–Trinajstić information content (AvgIpc) is 2.38. The number of anilines is 2. The molecule has 5 heteroatoms. The summed E-state index contributed by atoms with van der Waals surface area (Å²) in [6, 6.07) is 12.1. The number of rotatable bonds is 3. The molecule has 0 atom stereocenters. The van der Waals surface area contributed by atoms with Crippen molar-refractivity contribution in [3.05, 3.63) is 58.1 Å². The maximum Gasteiger partial charge on any atom is 0.339 e. The smallest absolute Gasteiger partial charge is 0.339 e. The molecule has 2 aromatic carbocycles. The predicted octanol–water partition coefficient (Wildman–Crippen LogP) is 4.52. The molecule has 0 bridgehead atoms. The Morgan fingerprint density at radius 3 is 2.53 bits per heavy atom. The van der Waals surface area contributed by atoms with Crippen LogP contribution in [0.1, 0.15) is 10.4 Å². The number of carbonyl (C=O) groups excluding carboxylic acids is 1. The maximum atomic E-state index is 11.7. The van der Waals surface area contributed by atoms with E-state index in [1.54, 1.807) is 30.3 Å². The van der Waals surface area contributed by atoms with E-state index in [0.717, 1.165) is 5.69 Å². The third kappa shape index (κ3) is 3.40. The van der Waals surface area contributed by atoms with Gasteiger partial charge in [0.05, 0.1) is 18.4 Å². The molecular formula is C14H11Cl2NO2. The SMILES string of the molecule is COC(=O)c1ccc(Cl)cc1Nc1cccc(Cl)c1. The first-order chi connectivity index (χ1) is 9.10. The van der Waals surface area contributed by atoms with Crippen LogP contribution < -0.4 is 5.32 Å². The van der Waals surface area contributed by atoms with Gasteiger partial charge in [-0.15, -0.1) is 0 Å². The Labute approximate surface area is 121 Å². The Morgan fingerprint density at radius 1 is 1.11 bits per heavy atom. The Kier molecular flexibility index (Phi) is 4.30. The van der Waals surface area contributed by atoms with Gasteiger partial charge in [0.2, 0.25) is 0 Å². The molecule has 0 aliphatic carbocycles. The van der Waals surface area contributed by atoms with Crippen molar-refractivity contribution in [3.63, 3.8) is 0 Å². The number of hydrogen-bond donors (Lipinski definition) is 1. The van der Waals surface area contributed by atoms with Gasteiger partial charge in [-0.25, -0.2) is 4.79 Å². The van der Waals surface area contributed by atoms with E-state index < -0.39 is 5.97 Å². The van der Waals surface area contributed by atoms with Crippen molar-refractivity contribution in [2.45, 2.75) is 0 Å². The fraction of sp³-hybridized carbons (Fsp3) is 0.0714. The van der Waals surface area contributed by atoms with E-state index in [-0.39, 0.29) is 0 Å². The lowest BCUT2D eigenvalue weighted by atomic mass is 10.1. The summed E-state index contributed by atoms with van der Waals surface area (Å²) in [5.74, 6) is -0.429. The van der Waals surface area contributed by atoms with Crippen LogP contribution in [0.25, 0.3) is 0 Å². The summed E-state index contributed by atoms with van der Waals surface area (Å²) in [4.78, 5) is 11.7. The van der Waals surface area contributed by atoms with Crippen molar-refractivity contribution in [2.24, 2.45) is 0 Å². The first kappa shape index (κ1) is 13.7. The molecule has 98 valence electrons. The molecule has 0 aliphatic heterocycles. The number of carbonyl (C=O) groups is 1. The maximum absolute atomic E-state index is 11.7. The highest BCUT2D eigenvalue weighted by atomic mass is 35.5. The first-order valence-electron chi connectivity index (χ1n) is 5.50. The highest BCUT2D eigenvalue weighted by Gasteiger charge is 2.12. The number of methoxy groups -OCH3 is 1. The van der Waals surface area contributed by atoms with E-state index in [9.17, 15) is 4.79 Å². The summed E-state index contributed by atoms with van der Waals surface area (Å²) in [5.41, 5.74) is 1.74. The van der Waals surface area contributed by atoms with Gasteiger partial charge in [-0.2, -0.15) is 0 Å². The van der Waals surface area contributed by atoms with Crippen molar-refractivity contribution < 1.29 is 9.53 Å². The van der Waals surface area contributed by atoms with Crippen LogP contribution in [-0.2, 0) is 4.74 Å². The molecule has 0 amide bonds. The average molecular weight is 296 g/mol. The summed E-state index contributed by atoms with van der Waals surface area (Å²) < 4.78 is 4.73. The van der Waals surface area contributed by atoms with Crippen molar-refractivity contribution in [3.8, 4) is 0 Å². The third-order valence-corrected chi connectivity index (χ3v) is 2.96. The molecule has 0 heterocycles. The molecular weight excluding hydrogens is 285 g/mol. The zero-order valence-corrected chi connectivity index (χ0v) is 11.6. The Hall–Kier alpha value is -1.71. The summed E-state index contributed by atoms with van der Waals surface area (Å²) in [7, 11) is 1.33. The van der Waals surface area contributed by atoms with Gasteiger partial charge in [-0.05, 0) is 36.4 Å². The highest BCUT2D eigenvalue weighted by Crippen LogP contribution is 2.26. The second-order valence-corrected chi connectivity index (χ2v) is 4.69. The first-order valence-corrected chi connectivity index (χ1v) is 6.26. The van der Waals surface area contributed by atoms with E-state index >= 15 is 0 Å². The van der Waals surface area contributed by atoms with E-state index in [4.69, 9.17) is 27.9 Å². The minimum Gasteiger partial charge on any atom is -0.465 e. The molecule has 0 saturated carbocycles. The van der Waals surface area contributed by atoms with Crippen LogP contribution in [-0.4, -0.2) is 13.1 Å². The number of halogens is 2. The zero-order chi connectivity index (χ0) is 13.8. The minimum atomic E-state index is -0.429. The van der Waals surface area contributed by atoms with Crippen LogP contribution in [0, 0.1) is 0 Å². The largest absolute Gasteiger partial charge is 0.465 e. The third-order valence-electron chi connectivity index (χ3n) is 2.49. The molecule has 2 rings (SSSR count). The van der Waals surface area contributed by atoms with E-state index in [2.05, 4.69) is 5.32 Å². The van der Waals surface area contributed by atoms with Crippen LogP contribution in [0.2, 0.25) is 10.0 Å². The number of nitrogens with one attached hydrogen (secondary N) is 1. The molecule has 0 fully saturated rings. The lowest BCUT2D eigenvalue weighted by Crippen LogP contribution is -2.05. The van der Waals surface area contributed by atoms with Gasteiger partial charge in [-0.3, -0.25) is 0 Å². The summed E-state index contributed by atoms with van der Waals surface area (Å²) in [6.45, 7) is 0. The summed E-state index contributed by atoms with van der Waals surface area (Å²) in [5, 5.41) is 4.23. The van der Waals surface area contributed by atoms with Crippen molar-refractivity contribution in [1.29, 1.82) is 0 Å². The van der Waals surface area contributed by atoms with Crippen LogP contribution in [0.3, 0.4) is 0 Å². The van der Waals surface area contributed by atoms with Crippen molar-refractivity contribution in [2.75, 3.05) is 12.4 Å². The van der Waals surface area contributed by atoms with Crippen LogP contribution in [0.5, 0.6) is 0 Å². The molecule has 0 radical (unpaired) electrons. The summed E-state index contributed by atoms with van der Waals surface area (Å²) in [6.07, 6.45) is 0. The fourth-order valence-electron chi connectivity index (χ4n) is 1.63. The second-order valence-electron chi connectivity index (χ2n) is 3.82. The van der Waals surface area contributed by atoms with Gasteiger partial charge in [0.1, 0.15) is 0 Å². The fourth-order valence-corrected chi connectivity index (χ4v) is 1.99. The van der Waals surface area contributed by atoms with Crippen molar-refractivity contribution in [1.82, 2.24) is 0 Å². The molecule has 0 aromatic heterocycles. The van der Waals surface area contributed by atoms with Crippen LogP contribution in [0.4, 0.5) is 11.4 Å². The molecule has 0 saturated heterocycles. The number of benzene rings is 2. The minimum absolute atomic E-state index is 0.409. The summed E-state index contributed by atoms with van der Waals surface area (Å²) >= 11 is 11.9. The number of ether oxygens (including phenoxy) is 1. The van der Waals surface area contributed by atoms with Crippen LogP contribution >= 0.6 is 23.2 Å². The van der Waals surface area contributed by atoms with Gasteiger partial charge in [0, 0.05) is 15.7 Å². The Morgan fingerprint density at radius 2 is 1.84 bits per heavy atom. The standard InChI is InChI=1S/C14H11Cl2NO2/c1-19-14(18)12-6-5-10(16)8-13(12)17-11-4-2-3-9(15)7-11/h2-8,17H,1H3. The number of hydrogen-bond acceptors (Lipinski definition) is 3. The molecule has 0 unspecified atom stereocenters. The second kappa shape index (κ2) is 5.95. The van der Waals surface area contributed by atoms with Gasteiger partial charge < -0.3 is 10.1 Å². The highest BCUT2D eigenvalue weighted by molar-refractivity contribution is 6.31. The van der Waals surface area contributed by atoms with Gasteiger partial charge >= 0.3 is 5.97 Å². The zero-order valence-electron chi connectivity index (χ0n) is 10.1. The van der Waals surface area contributed by atoms with E-state index in [1.165, 1.54) is 7.11 Å². The normalized spacial score (nSPS) is 10.1. The predicted molar refractivity (Wildman–Crippen MR) is 77.5 cm³/mol. The van der Waals surface area contributed by atoms with Gasteiger partial charge in [0.25, 0.3) is 0 Å². The topological polar surface area (TPSA) is 38.3 Å². The van der Waals surface area contributed by atoms with Crippen LogP contribution in [0.15, 0.2) is 42.5 Å². The molecule has 2 aromatic rings. The van der Waals surface area contributed by atoms with E-state index in [0.29, 0.717) is 21.3 Å². The Bertz CT molecular complexity index is 614. The monoisotopic (exact) mass is 295 g/mol.